The summed E-state index contributed by atoms with van der Waals surface area (Å²) in [5.74, 6) is -7.32. The smallest absolute Gasteiger partial charge is 0.412 e. The van der Waals surface area contributed by atoms with Crippen molar-refractivity contribution in [1.29, 1.82) is 0 Å². The van der Waals surface area contributed by atoms with E-state index in [0.29, 0.717) is 11.3 Å². The molecule has 0 aromatic heterocycles. The number of hydrogen-bond donors (Lipinski definition) is 4. The fraction of sp³-hybridized carbons (Fsp3) is 0.545. The van der Waals surface area contributed by atoms with Crippen LogP contribution in [0.15, 0.2) is 23.0 Å². The van der Waals surface area contributed by atoms with E-state index in [1.54, 1.807) is 44.1 Å². The zero-order valence-electron chi connectivity index (χ0n) is 28.0. The van der Waals surface area contributed by atoms with Gasteiger partial charge >= 0.3 is 12.1 Å². The molecule has 1 aromatic rings. The van der Waals surface area contributed by atoms with Crippen molar-refractivity contribution in [2.45, 2.75) is 53.1 Å². The van der Waals surface area contributed by atoms with E-state index in [-0.39, 0.29) is 48.4 Å². The third kappa shape index (κ3) is 6.64. The number of amides is 2. The number of fused-ring (bicyclic) bond motifs is 3. The third-order valence-electron chi connectivity index (χ3n) is 8.83. The van der Waals surface area contributed by atoms with Gasteiger partial charge in [0, 0.05) is 44.4 Å². The van der Waals surface area contributed by atoms with Gasteiger partial charge < -0.3 is 40.3 Å². The second-order valence-electron chi connectivity index (χ2n) is 14.0. The number of primary amides is 1. The molecule has 5 N–H and O–H groups in total. The van der Waals surface area contributed by atoms with Gasteiger partial charge in [-0.15, -0.1) is 0 Å². The number of ketones is 2. The minimum absolute atomic E-state index is 0.00849. The molecule has 2 amide bonds. The van der Waals surface area contributed by atoms with Crippen molar-refractivity contribution >= 4 is 41.0 Å². The number of anilines is 1. The predicted molar refractivity (Wildman–Crippen MR) is 170 cm³/mol. The highest BCUT2D eigenvalue weighted by Crippen LogP contribution is 2.52. The summed E-state index contributed by atoms with van der Waals surface area (Å²) in [4.78, 5) is 68.9. The highest BCUT2D eigenvalue weighted by molar-refractivity contribution is 6.28. The molecular formula is C33H44N4O10. The van der Waals surface area contributed by atoms with Crippen LogP contribution in [0.1, 0.15) is 50.8 Å². The molecule has 14 nitrogen and oxygen atoms in total. The molecule has 1 aromatic carbocycles. The van der Waals surface area contributed by atoms with Gasteiger partial charge in [-0.05, 0) is 55.8 Å². The molecular weight excluding hydrogens is 612 g/mol. The molecule has 4 unspecified atom stereocenters. The molecule has 1 saturated carbocycles. The van der Waals surface area contributed by atoms with Crippen molar-refractivity contribution < 1.29 is 48.8 Å². The van der Waals surface area contributed by atoms with Crippen LogP contribution in [0.2, 0.25) is 0 Å². The number of aliphatic hydroxyl groups excluding tert-OH is 2. The van der Waals surface area contributed by atoms with Crippen molar-refractivity contribution in [2.75, 3.05) is 46.4 Å². The van der Waals surface area contributed by atoms with E-state index in [2.05, 4.69) is 0 Å². The second-order valence-corrected chi connectivity index (χ2v) is 14.0. The van der Waals surface area contributed by atoms with Gasteiger partial charge in [-0.1, -0.05) is 20.8 Å². The molecule has 3 aliphatic carbocycles. The number of likely N-dealkylation sites (N-methyl/N-ethyl adjacent to an activating group) is 1. The normalized spacial score (nSPS) is 22.4. The van der Waals surface area contributed by atoms with Crippen molar-refractivity contribution in [3.63, 3.8) is 0 Å². The number of ether oxygens (including phenoxy) is 2. The molecule has 0 spiro atoms. The number of carbonyl (C=O) groups excluding carboxylic acids is 5. The molecule has 0 bridgehead atoms. The molecule has 0 radical (unpaired) electrons. The molecule has 4 rings (SSSR count). The Labute approximate surface area is 273 Å². The largest absolute Gasteiger partial charge is 0.510 e. The van der Waals surface area contributed by atoms with E-state index in [4.69, 9.17) is 15.2 Å². The fourth-order valence-corrected chi connectivity index (χ4v) is 7.11. The van der Waals surface area contributed by atoms with Crippen molar-refractivity contribution in [2.24, 2.45) is 28.9 Å². The van der Waals surface area contributed by atoms with Gasteiger partial charge in [-0.25, -0.2) is 4.79 Å². The summed E-state index contributed by atoms with van der Waals surface area (Å²) in [6.07, 6.45) is -0.348. The van der Waals surface area contributed by atoms with E-state index in [1.165, 1.54) is 11.8 Å². The van der Waals surface area contributed by atoms with Crippen molar-refractivity contribution in [1.82, 2.24) is 9.80 Å². The van der Waals surface area contributed by atoms with Crippen LogP contribution in [-0.4, -0.2) is 102 Å². The molecule has 14 heteroatoms. The number of carbonyl (C=O) groups is 5. The monoisotopic (exact) mass is 656 g/mol. The number of rotatable bonds is 8. The minimum atomic E-state index is -1.37. The Kier molecular flexibility index (Phi) is 9.68. The fourth-order valence-electron chi connectivity index (χ4n) is 7.11. The zero-order chi connectivity index (χ0) is 35.3. The van der Waals surface area contributed by atoms with Crippen LogP contribution in [0.4, 0.5) is 10.5 Å². The number of aliphatic hydroxyl groups is 2. The first-order valence-electron chi connectivity index (χ1n) is 15.3. The molecule has 3 aliphatic rings. The minimum Gasteiger partial charge on any atom is -0.510 e. The topological polar surface area (TPSA) is 200 Å². The first-order valence-corrected chi connectivity index (χ1v) is 15.3. The Morgan fingerprint density at radius 3 is 2.19 bits per heavy atom. The summed E-state index contributed by atoms with van der Waals surface area (Å²) < 4.78 is 9.90. The van der Waals surface area contributed by atoms with Crippen LogP contribution in [0.25, 0.3) is 5.76 Å². The summed E-state index contributed by atoms with van der Waals surface area (Å²) in [7, 11) is 6.89. The van der Waals surface area contributed by atoms with E-state index < -0.39 is 82.6 Å². The molecule has 4 atom stereocenters. The van der Waals surface area contributed by atoms with Gasteiger partial charge in [0.05, 0.1) is 24.1 Å². The number of allylic oxidation sites excluding steroid dienone is 1. The van der Waals surface area contributed by atoms with Gasteiger partial charge in [0.15, 0.2) is 11.6 Å². The number of esters is 1. The average Bonchev–Trinajstić information content (AvgIpc) is 2.92. The number of benzene rings is 1. The Hall–Kier alpha value is -4.59. The summed E-state index contributed by atoms with van der Waals surface area (Å²) >= 11 is 0. The van der Waals surface area contributed by atoms with Crippen molar-refractivity contribution in [3.8, 4) is 5.75 Å². The van der Waals surface area contributed by atoms with E-state index >= 15 is 0 Å². The number of phenolic OH excluding ortho intramolecular Hbond substituents is 1. The van der Waals surface area contributed by atoms with E-state index in [1.807, 2.05) is 20.8 Å². The average molecular weight is 657 g/mol. The molecule has 0 saturated heterocycles. The van der Waals surface area contributed by atoms with Crippen LogP contribution in [-0.2, 0) is 41.6 Å². The highest BCUT2D eigenvalue weighted by atomic mass is 16.7. The summed E-state index contributed by atoms with van der Waals surface area (Å²) in [6, 6.07) is 0.864. The number of Topliss-reactive ketones (excluding diaryl/α,β-unsaturated/α-hetero) is 2. The number of hydrogen-bond acceptors (Lipinski definition) is 12. The summed E-state index contributed by atoms with van der Waals surface area (Å²) in [5, 5.41) is 34.4. The Balaban J connectivity index is 1.83. The maximum Gasteiger partial charge on any atom is 0.412 e. The van der Waals surface area contributed by atoms with E-state index in [0.717, 1.165) is 0 Å². The molecule has 256 valence electrons. The van der Waals surface area contributed by atoms with Gasteiger partial charge in [0.2, 0.25) is 6.79 Å². The first-order chi connectivity index (χ1) is 21.8. The molecule has 47 heavy (non-hydrogen) atoms. The Morgan fingerprint density at radius 1 is 1.02 bits per heavy atom. The van der Waals surface area contributed by atoms with Crippen LogP contribution >= 0.6 is 0 Å². The maximum absolute atomic E-state index is 14.1. The molecule has 1 fully saturated rings. The lowest BCUT2D eigenvalue weighted by Gasteiger charge is -2.46. The van der Waals surface area contributed by atoms with Crippen LogP contribution < -0.4 is 10.6 Å². The Bertz CT molecular complexity index is 1590. The second kappa shape index (κ2) is 12.9. The highest BCUT2D eigenvalue weighted by Gasteiger charge is 2.56. The third-order valence-corrected chi connectivity index (χ3v) is 8.83. The van der Waals surface area contributed by atoms with Crippen LogP contribution in [0, 0.1) is 23.2 Å². The SMILES string of the molecule is CC(=O)OCOC(=O)N(Cc1cc(N(C)C)c2c(c1O)C(O)=C1C(=O)C3C(=O)C(C(N)=O)=C(O)C(N(C)C)C3CC1C2)CC(C)(C)C. The summed E-state index contributed by atoms with van der Waals surface area (Å²) in [6.45, 7) is 6.33. The lowest BCUT2D eigenvalue weighted by Crippen LogP contribution is -2.55. The lowest BCUT2D eigenvalue weighted by molar-refractivity contribution is -0.150. The van der Waals surface area contributed by atoms with Gasteiger partial charge in [0.25, 0.3) is 5.91 Å². The predicted octanol–water partition coefficient (Wildman–Crippen LogP) is 2.42. The summed E-state index contributed by atoms with van der Waals surface area (Å²) in [5.41, 5.74) is 5.82. The number of phenols is 1. The number of nitrogens with zero attached hydrogens (tertiary/aromatic N) is 3. The molecule has 0 aliphatic heterocycles. The zero-order valence-corrected chi connectivity index (χ0v) is 28.0. The maximum atomic E-state index is 14.1. The number of nitrogens with two attached hydrogens (primary N) is 1. The van der Waals surface area contributed by atoms with Crippen molar-refractivity contribution in [3.05, 3.63) is 39.7 Å². The van der Waals surface area contributed by atoms with Gasteiger partial charge in [-0.2, -0.15) is 0 Å². The lowest BCUT2D eigenvalue weighted by atomic mass is 9.59. The van der Waals surface area contributed by atoms with Crippen LogP contribution in [0.3, 0.4) is 0 Å². The quantitative estimate of drug-likeness (QED) is 0.138. The number of aromatic hydroxyl groups is 1. The van der Waals surface area contributed by atoms with Gasteiger partial charge in [0.1, 0.15) is 22.8 Å². The van der Waals surface area contributed by atoms with E-state index in [9.17, 15) is 39.3 Å². The Morgan fingerprint density at radius 2 is 1.66 bits per heavy atom. The van der Waals surface area contributed by atoms with Gasteiger partial charge in [-0.3, -0.25) is 24.1 Å². The van der Waals surface area contributed by atoms with Crippen LogP contribution in [0.5, 0.6) is 5.75 Å². The first kappa shape index (κ1) is 35.3. The molecule has 0 heterocycles. The standard InChI is InChI=1S/C33H44N4O10/c1-15(38)46-14-47-32(45)37(13-33(2,3)4)12-17-11-20(35(5)6)18-9-16-10-19-23(28(41)21(16)27(40)22(18)26(17)39)29(42)24(31(34)44)30(43)25(19)36(7)8/h11,16,19,23,25,39-40,43H,9-10,12-14H2,1-8H3,(H2,34,44).